The molecule has 0 radical (unpaired) electrons. The topological polar surface area (TPSA) is 158 Å². The van der Waals surface area contributed by atoms with Crippen LogP contribution >= 0.6 is 22.9 Å². The molecule has 1 aromatic carbocycles. The van der Waals surface area contributed by atoms with Crippen molar-refractivity contribution in [1.82, 2.24) is 30.3 Å². The minimum absolute atomic E-state index is 0.0372. The molecule has 3 aliphatic rings. The lowest BCUT2D eigenvalue weighted by atomic mass is 10.0. The smallest absolute Gasteiger partial charge is 0.324 e. The minimum Gasteiger partial charge on any atom is -0.489 e. The zero-order valence-corrected chi connectivity index (χ0v) is 33.6. The van der Waals surface area contributed by atoms with E-state index < -0.39 is 6.03 Å². The van der Waals surface area contributed by atoms with Gasteiger partial charge in [-0.2, -0.15) is 0 Å². The number of rotatable bonds is 20. The number of nitrogens with one attached hydrogen (secondary N) is 2. The zero-order chi connectivity index (χ0) is 39.6. The van der Waals surface area contributed by atoms with E-state index in [1.54, 1.807) is 6.20 Å². The molecule has 0 aliphatic carbocycles. The highest BCUT2D eigenvalue weighted by atomic mass is 35.5. The summed E-state index contributed by atoms with van der Waals surface area (Å²) in [7, 11) is 0. The molecule has 3 saturated heterocycles. The third-order valence-corrected chi connectivity index (χ3v) is 12.0. The quantitative estimate of drug-likeness (QED) is 0.0775. The van der Waals surface area contributed by atoms with E-state index in [1.807, 2.05) is 31.2 Å². The first-order valence-electron chi connectivity index (χ1n) is 19.8. The molecule has 6 amide bonds. The normalized spacial score (nSPS) is 16.7. The van der Waals surface area contributed by atoms with E-state index in [2.05, 4.69) is 20.5 Å². The van der Waals surface area contributed by atoms with Crippen molar-refractivity contribution in [3.05, 3.63) is 45.9 Å². The number of unbranched alkanes of at least 4 members (excludes halogenated alkanes) is 5. The van der Waals surface area contributed by atoms with Crippen molar-refractivity contribution in [3.63, 3.8) is 0 Å². The Morgan fingerprint density at radius 1 is 0.911 bits per heavy atom. The Kier molecular flexibility index (Phi) is 14.5. The molecule has 0 spiro atoms. The number of carbonyl (C=O) groups is 6. The summed E-state index contributed by atoms with van der Waals surface area (Å²) >= 11 is 8.13. The zero-order valence-electron chi connectivity index (χ0n) is 32.0. The average molecular weight is 807 g/mol. The fourth-order valence-corrected chi connectivity index (χ4v) is 8.94. The summed E-state index contributed by atoms with van der Waals surface area (Å²) in [5.41, 5.74) is 3.62. The van der Waals surface area contributed by atoms with Crippen molar-refractivity contribution in [2.75, 3.05) is 39.3 Å². The van der Waals surface area contributed by atoms with Crippen LogP contribution in [0.1, 0.15) is 93.9 Å². The molecular formula is C41H51ClN6O7S. The van der Waals surface area contributed by atoms with Crippen LogP contribution in [-0.4, -0.2) is 100 Å². The third kappa shape index (κ3) is 10.9. The SMILES string of the molecule is Cc1cc(Cl)cc(-c2ccnc3cc(CN4C(=O)CCC4=O)sc23)c1OC1CCN(CCCNC(=O)CCCCCCCCC(=O)CN2C(=O)CNC2=O)CC1. The lowest BCUT2D eigenvalue weighted by Crippen LogP contribution is -2.39. The highest BCUT2D eigenvalue weighted by Crippen LogP contribution is 2.42. The van der Waals surface area contributed by atoms with Gasteiger partial charge in [0, 0.05) is 72.5 Å². The number of ketones is 1. The van der Waals surface area contributed by atoms with Gasteiger partial charge in [-0.05, 0) is 75.4 Å². The van der Waals surface area contributed by atoms with Crippen LogP contribution in [-0.2, 0) is 30.5 Å². The predicted octanol–water partition coefficient (Wildman–Crippen LogP) is 6.17. The second kappa shape index (κ2) is 19.6. The van der Waals surface area contributed by atoms with Gasteiger partial charge in [0.05, 0.1) is 29.9 Å². The summed E-state index contributed by atoms with van der Waals surface area (Å²) < 4.78 is 7.70. The number of hydrogen-bond acceptors (Lipinski definition) is 10. The Bertz CT molecular complexity index is 1910. The molecule has 0 saturated carbocycles. The molecule has 6 rings (SSSR count). The van der Waals surface area contributed by atoms with Crippen molar-refractivity contribution in [1.29, 1.82) is 0 Å². The maximum atomic E-state index is 12.4. The van der Waals surface area contributed by atoms with E-state index in [4.69, 9.17) is 16.3 Å². The molecule has 2 N–H and O–H groups in total. The average Bonchev–Trinajstić information content (AvgIpc) is 3.84. The second-order valence-electron chi connectivity index (χ2n) is 14.9. The van der Waals surface area contributed by atoms with Crippen molar-refractivity contribution < 1.29 is 33.5 Å². The van der Waals surface area contributed by atoms with Gasteiger partial charge in [-0.3, -0.25) is 38.8 Å². The first-order valence-corrected chi connectivity index (χ1v) is 21.0. The molecule has 56 heavy (non-hydrogen) atoms. The Morgan fingerprint density at radius 3 is 2.34 bits per heavy atom. The predicted molar refractivity (Wildman–Crippen MR) is 214 cm³/mol. The number of halogens is 1. The number of benzene rings is 1. The van der Waals surface area contributed by atoms with Gasteiger partial charge in [-0.25, -0.2) is 4.79 Å². The molecule has 3 aromatic rings. The second-order valence-corrected chi connectivity index (χ2v) is 16.5. The number of piperidine rings is 1. The van der Waals surface area contributed by atoms with Gasteiger partial charge in [0.2, 0.25) is 23.6 Å². The van der Waals surface area contributed by atoms with Gasteiger partial charge < -0.3 is 20.3 Å². The van der Waals surface area contributed by atoms with Crippen LogP contribution in [0.15, 0.2) is 30.5 Å². The Morgan fingerprint density at radius 2 is 1.62 bits per heavy atom. The maximum absolute atomic E-state index is 12.4. The van der Waals surface area contributed by atoms with E-state index in [0.29, 0.717) is 24.4 Å². The van der Waals surface area contributed by atoms with E-state index in [-0.39, 0.29) is 68.0 Å². The molecule has 13 nitrogen and oxygen atoms in total. The van der Waals surface area contributed by atoms with Gasteiger partial charge in [0.15, 0.2) is 5.78 Å². The fraction of sp³-hybridized carbons (Fsp3) is 0.537. The highest BCUT2D eigenvalue weighted by molar-refractivity contribution is 7.19. The first-order chi connectivity index (χ1) is 27.0. The molecule has 3 aliphatic heterocycles. The van der Waals surface area contributed by atoms with Crippen LogP contribution in [0, 0.1) is 6.92 Å². The first kappa shape index (κ1) is 41.2. The van der Waals surface area contributed by atoms with Crippen molar-refractivity contribution in [2.24, 2.45) is 0 Å². The highest BCUT2D eigenvalue weighted by Gasteiger charge is 2.31. The third-order valence-electron chi connectivity index (χ3n) is 10.6. The molecule has 3 fully saturated rings. The molecular weight excluding hydrogens is 756 g/mol. The molecule has 300 valence electrons. The van der Waals surface area contributed by atoms with E-state index in [0.717, 1.165) is 120 Å². The molecule has 0 bridgehead atoms. The van der Waals surface area contributed by atoms with Gasteiger partial charge in [-0.1, -0.05) is 37.3 Å². The van der Waals surface area contributed by atoms with Crippen LogP contribution in [0.4, 0.5) is 4.79 Å². The Labute approximate surface area is 336 Å². The van der Waals surface area contributed by atoms with Gasteiger partial charge in [-0.15, -0.1) is 11.3 Å². The maximum Gasteiger partial charge on any atom is 0.324 e. The Hall–Kier alpha value is -4.40. The largest absolute Gasteiger partial charge is 0.489 e. The lowest BCUT2D eigenvalue weighted by molar-refractivity contribution is -0.139. The summed E-state index contributed by atoms with van der Waals surface area (Å²) in [5, 5.41) is 6.10. The summed E-state index contributed by atoms with van der Waals surface area (Å²) in [6.45, 7) is 5.46. The Balaban J connectivity index is 0.871. The number of likely N-dealkylation sites (tertiary alicyclic amines) is 2. The van der Waals surface area contributed by atoms with E-state index >= 15 is 0 Å². The van der Waals surface area contributed by atoms with Gasteiger partial charge in [0.25, 0.3) is 0 Å². The van der Waals surface area contributed by atoms with Crippen LogP contribution in [0.2, 0.25) is 5.02 Å². The van der Waals surface area contributed by atoms with Crippen molar-refractivity contribution in [3.8, 4) is 16.9 Å². The summed E-state index contributed by atoms with van der Waals surface area (Å²) in [5.74, 6) is 0.165. The van der Waals surface area contributed by atoms with Crippen LogP contribution < -0.4 is 15.4 Å². The number of hydrogen-bond donors (Lipinski definition) is 2. The number of Topliss-reactive ketones (excluding diaryl/α,β-unsaturated/α-hetero) is 1. The van der Waals surface area contributed by atoms with Crippen LogP contribution in [0.25, 0.3) is 21.3 Å². The monoisotopic (exact) mass is 806 g/mol. The number of fused-ring (bicyclic) bond motifs is 1. The van der Waals surface area contributed by atoms with Gasteiger partial charge in [0.1, 0.15) is 11.9 Å². The number of pyridine rings is 1. The minimum atomic E-state index is -0.495. The number of thiophene rings is 1. The summed E-state index contributed by atoms with van der Waals surface area (Å²) in [6, 6.07) is 7.29. The standard InChI is InChI=1S/C41H51ClN6O7S/c1-27-21-28(42)22-33(32-13-17-43-34-23-31(56-40(32)34)26-47-36(51)11-12-37(47)52)39(27)55-30-14-19-46(20-15-30)18-8-16-44-35(50)10-7-5-3-2-4-6-9-29(49)25-48-38(53)24-45-41(48)54/h13,17,21-23,30H,2-12,14-16,18-20,24-26H2,1H3,(H,44,50)(H,45,54). The fourth-order valence-electron chi connectivity index (χ4n) is 7.54. The van der Waals surface area contributed by atoms with E-state index in [9.17, 15) is 28.8 Å². The molecule has 0 atom stereocenters. The number of nitrogens with zero attached hydrogens (tertiary/aromatic N) is 4. The number of ether oxygens (including phenoxy) is 1. The van der Waals surface area contributed by atoms with Crippen LogP contribution in [0.5, 0.6) is 5.75 Å². The van der Waals surface area contributed by atoms with E-state index in [1.165, 1.54) is 16.2 Å². The van der Waals surface area contributed by atoms with Gasteiger partial charge >= 0.3 is 6.03 Å². The molecule has 5 heterocycles. The number of imide groups is 2. The number of carbonyl (C=O) groups excluding carboxylic acids is 6. The van der Waals surface area contributed by atoms with Crippen molar-refractivity contribution >= 4 is 68.6 Å². The van der Waals surface area contributed by atoms with Crippen molar-refractivity contribution in [2.45, 2.75) is 103 Å². The summed E-state index contributed by atoms with van der Waals surface area (Å²) in [6.07, 6.45) is 11.3. The van der Waals surface area contributed by atoms with Crippen LogP contribution in [0.3, 0.4) is 0 Å². The number of urea groups is 1. The molecule has 0 unspecified atom stereocenters. The number of amides is 6. The summed E-state index contributed by atoms with van der Waals surface area (Å²) in [4.78, 5) is 82.3. The number of aromatic nitrogens is 1. The molecule has 15 heteroatoms. The lowest BCUT2D eigenvalue weighted by Gasteiger charge is -2.33. The molecule has 2 aromatic heterocycles. The number of aryl methyl sites for hydroxylation is 1.